The fourth-order valence-electron chi connectivity index (χ4n) is 3.07. The van der Waals surface area contributed by atoms with Crippen LogP contribution in [0.25, 0.3) is 6.08 Å². The average Bonchev–Trinajstić information content (AvgIpc) is 2.70. The van der Waals surface area contributed by atoms with Crippen LogP contribution in [0.4, 0.5) is 5.69 Å². The number of anilines is 1. The molecule has 0 aliphatic heterocycles. The summed E-state index contributed by atoms with van der Waals surface area (Å²) in [6.45, 7) is 6.04. The quantitative estimate of drug-likeness (QED) is 0.528. The van der Waals surface area contributed by atoms with Crippen LogP contribution in [0.15, 0.2) is 79.4 Å². The van der Waals surface area contributed by atoms with Gasteiger partial charge in [-0.15, -0.1) is 0 Å². The van der Waals surface area contributed by atoms with Gasteiger partial charge in [0, 0.05) is 18.8 Å². The lowest BCUT2D eigenvalue weighted by Gasteiger charge is -2.16. The molecule has 3 aromatic rings. The Hall–Kier alpha value is -3.00. The maximum absolute atomic E-state index is 5.99. The number of ether oxygens (including phenoxy) is 1. The molecule has 0 amide bonds. The zero-order chi connectivity index (χ0) is 18.4. The van der Waals surface area contributed by atoms with Gasteiger partial charge in [-0.3, -0.25) is 0 Å². The number of rotatable bonds is 7. The minimum atomic E-state index is 0.460. The summed E-state index contributed by atoms with van der Waals surface area (Å²) in [5, 5.41) is 3.30. The minimum absolute atomic E-state index is 0.460. The second kappa shape index (κ2) is 8.39. The molecule has 26 heavy (non-hydrogen) atoms. The molecule has 1 atom stereocenters. The topological polar surface area (TPSA) is 21.3 Å². The van der Waals surface area contributed by atoms with Gasteiger partial charge in [-0.1, -0.05) is 68.1 Å². The van der Waals surface area contributed by atoms with Gasteiger partial charge in [0.15, 0.2) is 0 Å². The Labute approximate surface area is 156 Å². The summed E-state index contributed by atoms with van der Waals surface area (Å²) in [5.41, 5.74) is 4.84. The molecule has 1 unspecified atom stereocenters. The van der Waals surface area contributed by atoms with E-state index in [1.807, 2.05) is 43.5 Å². The van der Waals surface area contributed by atoms with Crippen molar-refractivity contribution in [3.05, 3.63) is 96.1 Å². The minimum Gasteiger partial charge on any atom is -0.457 e. The maximum Gasteiger partial charge on any atom is 0.129 e. The molecule has 132 valence electrons. The van der Waals surface area contributed by atoms with E-state index in [4.69, 9.17) is 4.74 Å². The van der Waals surface area contributed by atoms with Crippen molar-refractivity contribution in [2.45, 2.75) is 19.3 Å². The van der Waals surface area contributed by atoms with Gasteiger partial charge in [-0.2, -0.15) is 0 Å². The summed E-state index contributed by atoms with van der Waals surface area (Å²) in [6, 6.07) is 24.8. The molecule has 0 aromatic heterocycles. The Balaban J connectivity index is 1.75. The molecule has 0 fully saturated rings. The third kappa shape index (κ3) is 4.34. The van der Waals surface area contributed by atoms with E-state index in [1.54, 1.807) is 0 Å². The number of benzene rings is 3. The van der Waals surface area contributed by atoms with Gasteiger partial charge in [-0.25, -0.2) is 0 Å². The SMILES string of the molecule is C=Cc1ccc(Oc2ccc(CC(C)c3ccccc3)c(NC)c2)cc1. The summed E-state index contributed by atoms with van der Waals surface area (Å²) < 4.78 is 5.99. The van der Waals surface area contributed by atoms with Crippen molar-refractivity contribution in [2.75, 3.05) is 12.4 Å². The number of hydrogen-bond donors (Lipinski definition) is 1. The van der Waals surface area contributed by atoms with Crippen molar-refractivity contribution in [2.24, 2.45) is 0 Å². The molecule has 0 saturated carbocycles. The molecule has 0 radical (unpaired) electrons. The molecule has 2 nitrogen and oxygen atoms in total. The average molecular weight is 343 g/mol. The van der Waals surface area contributed by atoms with Crippen LogP contribution in [0, 0.1) is 0 Å². The second-order valence-electron chi connectivity index (χ2n) is 6.46. The van der Waals surface area contributed by atoms with Crippen LogP contribution in [-0.2, 0) is 6.42 Å². The highest BCUT2D eigenvalue weighted by atomic mass is 16.5. The van der Waals surface area contributed by atoms with Crippen LogP contribution in [0.1, 0.15) is 29.5 Å². The largest absolute Gasteiger partial charge is 0.457 e. The molecule has 3 rings (SSSR count). The molecule has 0 heterocycles. The third-order valence-corrected chi connectivity index (χ3v) is 4.60. The third-order valence-electron chi connectivity index (χ3n) is 4.60. The highest BCUT2D eigenvalue weighted by molar-refractivity contribution is 5.56. The van der Waals surface area contributed by atoms with Crippen molar-refractivity contribution in [3.63, 3.8) is 0 Å². The van der Waals surface area contributed by atoms with Crippen LogP contribution >= 0.6 is 0 Å². The van der Waals surface area contributed by atoms with Crippen LogP contribution in [0.5, 0.6) is 11.5 Å². The van der Waals surface area contributed by atoms with E-state index in [0.29, 0.717) is 5.92 Å². The van der Waals surface area contributed by atoms with Crippen molar-refractivity contribution >= 4 is 11.8 Å². The van der Waals surface area contributed by atoms with Crippen LogP contribution in [0.2, 0.25) is 0 Å². The van der Waals surface area contributed by atoms with E-state index in [-0.39, 0.29) is 0 Å². The Morgan fingerprint density at radius 3 is 2.31 bits per heavy atom. The van der Waals surface area contributed by atoms with Crippen molar-refractivity contribution in [1.29, 1.82) is 0 Å². The summed E-state index contributed by atoms with van der Waals surface area (Å²) >= 11 is 0. The molecule has 0 saturated heterocycles. The van der Waals surface area contributed by atoms with Gasteiger partial charge in [0.25, 0.3) is 0 Å². The predicted molar refractivity (Wildman–Crippen MR) is 111 cm³/mol. The first kappa shape index (κ1) is 17.8. The maximum atomic E-state index is 5.99. The van der Waals surface area contributed by atoms with Crippen LogP contribution in [0.3, 0.4) is 0 Å². The first-order valence-electron chi connectivity index (χ1n) is 8.95. The fourth-order valence-corrected chi connectivity index (χ4v) is 3.07. The standard InChI is InChI=1S/C24H25NO/c1-4-19-10-13-22(14-11-19)26-23-15-12-21(24(17-23)25-3)16-18(2)20-8-6-5-7-9-20/h4-15,17-18,25H,1,16H2,2-3H3. The molecule has 1 N–H and O–H groups in total. The fraction of sp³-hybridized carbons (Fsp3) is 0.167. The lowest BCUT2D eigenvalue weighted by molar-refractivity contribution is 0.482. The van der Waals surface area contributed by atoms with Crippen molar-refractivity contribution in [3.8, 4) is 11.5 Å². The van der Waals surface area contributed by atoms with E-state index in [1.165, 1.54) is 11.1 Å². The Morgan fingerprint density at radius 1 is 0.962 bits per heavy atom. The first-order chi connectivity index (χ1) is 12.7. The smallest absolute Gasteiger partial charge is 0.129 e. The molecule has 0 spiro atoms. The Bertz CT molecular complexity index is 853. The summed E-state index contributed by atoms with van der Waals surface area (Å²) in [5.74, 6) is 2.11. The lowest BCUT2D eigenvalue weighted by atomic mass is 9.93. The predicted octanol–water partition coefficient (Wildman–Crippen LogP) is 6.51. The van der Waals surface area contributed by atoms with E-state index in [2.05, 4.69) is 61.3 Å². The zero-order valence-electron chi connectivity index (χ0n) is 15.4. The molecular weight excluding hydrogens is 318 g/mol. The molecule has 2 heteroatoms. The molecular formula is C24H25NO. The molecule has 0 bridgehead atoms. The number of nitrogens with one attached hydrogen (secondary N) is 1. The molecule has 3 aromatic carbocycles. The van der Waals surface area contributed by atoms with Crippen LogP contribution < -0.4 is 10.1 Å². The van der Waals surface area contributed by atoms with Crippen molar-refractivity contribution < 1.29 is 4.74 Å². The summed E-state index contributed by atoms with van der Waals surface area (Å²) in [4.78, 5) is 0. The Morgan fingerprint density at radius 2 is 1.65 bits per heavy atom. The zero-order valence-corrected chi connectivity index (χ0v) is 15.4. The number of hydrogen-bond acceptors (Lipinski definition) is 2. The van der Waals surface area contributed by atoms with Gasteiger partial charge < -0.3 is 10.1 Å². The van der Waals surface area contributed by atoms with Gasteiger partial charge in [0.05, 0.1) is 0 Å². The molecule has 0 aliphatic carbocycles. The first-order valence-corrected chi connectivity index (χ1v) is 8.95. The monoisotopic (exact) mass is 343 g/mol. The van der Waals surface area contributed by atoms with Gasteiger partial charge in [-0.05, 0) is 47.2 Å². The van der Waals surface area contributed by atoms with Gasteiger partial charge in [0.2, 0.25) is 0 Å². The lowest BCUT2D eigenvalue weighted by Crippen LogP contribution is -2.02. The van der Waals surface area contributed by atoms with Gasteiger partial charge in [0.1, 0.15) is 11.5 Å². The normalized spacial score (nSPS) is 11.6. The van der Waals surface area contributed by atoms with Crippen LogP contribution in [-0.4, -0.2) is 7.05 Å². The summed E-state index contributed by atoms with van der Waals surface area (Å²) in [7, 11) is 1.95. The van der Waals surface area contributed by atoms with Gasteiger partial charge >= 0.3 is 0 Å². The highest BCUT2D eigenvalue weighted by Crippen LogP contribution is 2.30. The van der Waals surface area contributed by atoms with E-state index in [0.717, 1.165) is 29.2 Å². The Kier molecular flexibility index (Phi) is 5.75. The van der Waals surface area contributed by atoms with E-state index < -0.39 is 0 Å². The highest BCUT2D eigenvalue weighted by Gasteiger charge is 2.10. The van der Waals surface area contributed by atoms with E-state index in [9.17, 15) is 0 Å². The second-order valence-corrected chi connectivity index (χ2v) is 6.46. The molecule has 0 aliphatic rings. The van der Waals surface area contributed by atoms with Crippen molar-refractivity contribution in [1.82, 2.24) is 0 Å². The summed E-state index contributed by atoms with van der Waals surface area (Å²) in [6.07, 6.45) is 2.81. The van der Waals surface area contributed by atoms with E-state index >= 15 is 0 Å².